The van der Waals surface area contributed by atoms with Crippen LogP contribution in [0.1, 0.15) is 38.0 Å². The summed E-state index contributed by atoms with van der Waals surface area (Å²) in [6, 6.07) is 3.66. The van der Waals surface area contributed by atoms with Crippen molar-refractivity contribution in [1.29, 1.82) is 0 Å². The van der Waals surface area contributed by atoms with Gasteiger partial charge in [0.05, 0.1) is 0 Å². The zero-order valence-corrected chi connectivity index (χ0v) is 14.3. The van der Waals surface area contributed by atoms with Gasteiger partial charge in [-0.15, -0.1) is 11.3 Å². The highest BCUT2D eigenvalue weighted by molar-refractivity contribution is 7.91. The zero-order chi connectivity index (χ0) is 15.0. The van der Waals surface area contributed by atoms with Gasteiger partial charge in [-0.2, -0.15) is 0 Å². The van der Waals surface area contributed by atoms with Crippen LogP contribution in [0.2, 0.25) is 0 Å². The van der Waals surface area contributed by atoms with Crippen LogP contribution in [0.4, 0.5) is 0 Å². The van der Waals surface area contributed by atoms with Gasteiger partial charge in [0, 0.05) is 18.5 Å². The Morgan fingerprint density at radius 3 is 2.60 bits per heavy atom. The monoisotopic (exact) mass is 318 g/mol. The van der Waals surface area contributed by atoms with Crippen molar-refractivity contribution < 1.29 is 8.42 Å². The van der Waals surface area contributed by atoms with E-state index in [2.05, 4.69) is 19.2 Å². The van der Waals surface area contributed by atoms with Gasteiger partial charge in [0.25, 0.3) is 10.0 Å². The molecule has 0 saturated heterocycles. The van der Waals surface area contributed by atoms with E-state index in [-0.39, 0.29) is 0 Å². The van der Waals surface area contributed by atoms with Crippen molar-refractivity contribution in [3.05, 3.63) is 17.0 Å². The van der Waals surface area contributed by atoms with Crippen molar-refractivity contribution in [2.24, 2.45) is 0 Å². The van der Waals surface area contributed by atoms with Crippen LogP contribution in [-0.4, -0.2) is 39.4 Å². The molecule has 1 heterocycles. The summed E-state index contributed by atoms with van der Waals surface area (Å²) < 4.78 is 26.6. The first kappa shape index (κ1) is 17.6. The highest BCUT2D eigenvalue weighted by Gasteiger charge is 2.22. The molecule has 0 aromatic carbocycles. The molecule has 20 heavy (non-hydrogen) atoms. The standard InChI is InChI=1S/C14H26N2O2S2/c1-4-6-12-16(3)20(17,18)14-8-7-13(19-14)9-11-15-10-5-2/h7-8,15H,4-6,9-12H2,1-3H3. The Morgan fingerprint density at radius 1 is 1.20 bits per heavy atom. The maximum absolute atomic E-state index is 12.3. The van der Waals surface area contributed by atoms with Gasteiger partial charge in [-0.3, -0.25) is 0 Å². The average Bonchev–Trinajstić information content (AvgIpc) is 2.90. The normalized spacial score (nSPS) is 12.2. The molecule has 4 nitrogen and oxygen atoms in total. The lowest BCUT2D eigenvalue weighted by atomic mass is 10.3. The average molecular weight is 319 g/mol. The Balaban J connectivity index is 2.60. The van der Waals surface area contributed by atoms with Crippen LogP contribution in [0.15, 0.2) is 16.3 Å². The predicted molar refractivity (Wildman–Crippen MR) is 85.9 cm³/mol. The van der Waals surface area contributed by atoms with Crippen molar-refractivity contribution in [2.75, 3.05) is 26.7 Å². The first-order valence-corrected chi connectivity index (χ1v) is 9.53. The molecule has 0 aliphatic rings. The Hall–Kier alpha value is -0.430. The molecule has 1 aromatic rings. The van der Waals surface area contributed by atoms with E-state index in [0.29, 0.717) is 10.8 Å². The maximum atomic E-state index is 12.3. The number of nitrogens with zero attached hydrogens (tertiary/aromatic N) is 1. The Bertz CT molecular complexity index is 483. The molecular formula is C14H26N2O2S2. The first-order valence-electron chi connectivity index (χ1n) is 7.28. The van der Waals surface area contributed by atoms with Crippen molar-refractivity contribution >= 4 is 21.4 Å². The second-order valence-electron chi connectivity index (χ2n) is 4.90. The number of nitrogens with one attached hydrogen (secondary N) is 1. The molecule has 1 aromatic heterocycles. The first-order chi connectivity index (χ1) is 9.52. The van der Waals surface area contributed by atoms with Crippen molar-refractivity contribution in [3.8, 4) is 0 Å². The summed E-state index contributed by atoms with van der Waals surface area (Å²) in [5.74, 6) is 0. The lowest BCUT2D eigenvalue weighted by Crippen LogP contribution is -2.27. The molecule has 1 rings (SSSR count). The van der Waals surface area contributed by atoms with Gasteiger partial charge in [0.1, 0.15) is 4.21 Å². The van der Waals surface area contributed by atoms with E-state index in [0.717, 1.165) is 43.6 Å². The van der Waals surface area contributed by atoms with Gasteiger partial charge in [-0.05, 0) is 44.5 Å². The highest BCUT2D eigenvalue weighted by Crippen LogP contribution is 2.24. The molecule has 116 valence electrons. The number of sulfonamides is 1. The summed E-state index contributed by atoms with van der Waals surface area (Å²) in [5.41, 5.74) is 0. The van der Waals surface area contributed by atoms with E-state index in [1.807, 2.05) is 6.07 Å². The smallest absolute Gasteiger partial charge is 0.252 e. The molecule has 0 radical (unpaired) electrons. The largest absolute Gasteiger partial charge is 0.316 e. The van der Waals surface area contributed by atoms with Crippen LogP contribution in [0.5, 0.6) is 0 Å². The minimum absolute atomic E-state index is 0.460. The Morgan fingerprint density at radius 2 is 1.95 bits per heavy atom. The molecule has 0 fully saturated rings. The molecule has 0 unspecified atom stereocenters. The molecule has 0 aliphatic heterocycles. The summed E-state index contributed by atoms with van der Waals surface area (Å²) in [6.07, 6.45) is 3.90. The molecular weight excluding hydrogens is 292 g/mol. The van der Waals surface area contributed by atoms with Gasteiger partial charge in [-0.1, -0.05) is 20.3 Å². The van der Waals surface area contributed by atoms with Crippen molar-refractivity contribution in [1.82, 2.24) is 9.62 Å². The number of hydrogen-bond donors (Lipinski definition) is 1. The van der Waals surface area contributed by atoms with E-state index in [4.69, 9.17) is 0 Å². The van der Waals surface area contributed by atoms with Gasteiger partial charge < -0.3 is 5.32 Å². The number of thiophene rings is 1. The fourth-order valence-corrected chi connectivity index (χ4v) is 4.57. The number of unbranched alkanes of at least 4 members (excludes halogenated alkanes) is 1. The van der Waals surface area contributed by atoms with E-state index in [9.17, 15) is 8.42 Å². The van der Waals surface area contributed by atoms with E-state index >= 15 is 0 Å². The van der Waals surface area contributed by atoms with Gasteiger partial charge in [0.15, 0.2) is 0 Å². The van der Waals surface area contributed by atoms with E-state index in [1.165, 1.54) is 15.6 Å². The molecule has 6 heteroatoms. The van der Waals surface area contributed by atoms with Crippen LogP contribution < -0.4 is 5.32 Å². The fourth-order valence-electron chi connectivity index (χ4n) is 1.80. The summed E-state index contributed by atoms with van der Waals surface area (Å²) in [6.45, 7) is 6.70. The minimum atomic E-state index is -3.29. The fraction of sp³-hybridized carbons (Fsp3) is 0.714. The maximum Gasteiger partial charge on any atom is 0.252 e. The number of rotatable bonds is 10. The second kappa shape index (κ2) is 8.77. The summed E-state index contributed by atoms with van der Waals surface area (Å²) in [4.78, 5) is 1.12. The van der Waals surface area contributed by atoms with E-state index in [1.54, 1.807) is 13.1 Å². The lowest BCUT2D eigenvalue weighted by Gasteiger charge is -2.15. The summed E-state index contributed by atoms with van der Waals surface area (Å²) in [5, 5.41) is 3.33. The van der Waals surface area contributed by atoms with Crippen molar-refractivity contribution in [3.63, 3.8) is 0 Å². The summed E-state index contributed by atoms with van der Waals surface area (Å²) >= 11 is 1.39. The van der Waals surface area contributed by atoms with Crippen LogP contribution in [0, 0.1) is 0 Å². The van der Waals surface area contributed by atoms with Crippen LogP contribution in [-0.2, 0) is 16.4 Å². The topological polar surface area (TPSA) is 49.4 Å². The molecule has 0 amide bonds. The molecule has 1 N–H and O–H groups in total. The zero-order valence-electron chi connectivity index (χ0n) is 12.7. The third-order valence-electron chi connectivity index (χ3n) is 3.10. The predicted octanol–water partition coefficient (Wildman–Crippen LogP) is 2.71. The molecule has 0 spiro atoms. The highest BCUT2D eigenvalue weighted by atomic mass is 32.2. The van der Waals surface area contributed by atoms with Crippen LogP contribution in [0.3, 0.4) is 0 Å². The van der Waals surface area contributed by atoms with E-state index < -0.39 is 10.0 Å². The van der Waals surface area contributed by atoms with Crippen LogP contribution >= 0.6 is 11.3 Å². The SMILES string of the molecule is CCCCN(C)S(=O)(=O)c1ccc(CCNCCC)s1. The quantitative estimate of drug-likeness (QED) is 0.675. The van der Waals surface area contributed by atoms with Gasteiger partial charge >= 0.3 is 0 Å². The third kappa shape index (κ3) is 5.16. The molecule has 0 bridgehead atoms. The second-order valence-corrected chi connectivity index (χ2v) is 8.34. The van der Waals surface area contributed by atoms with Gasteiger partial charge in [-0.25, -0.2) is 12.7 Å². The molecule has 0 aliphatic carbocycles. The summed E-state index contributed by atoms with van der Waals surface area (Å²) in [7, 11) is -1.63. The Kier molecular flexibility index (Phi) is 7.72. The molecule has 0 atom stereocenters. The Labute approximate surface area is 127 Å². The lowest BCUT2D eigenvalue weighted by molar-refractivity contribution is 0.461. The number of hydrogen-bond acceptors (Lipinski definition) is 4. The van der Waals surface area contributed by atoms with Crippen molar-refractivity contribution in [2.45, 2.75) is 43.7 Å². The van der Waals surface area contributed by atoms with Crippen LogP contribution in [0.25, 0.3) is 0 Å². The molecule has 0 saturated carbocycles. The van der Waals surface area contributed by atoms with Gasteiger partial charge in [0.2, 0.25) is 0 Å². The minimum Gasteiger partial charge on any atom is -0.316 e. The third-order valence-corrected chi connectivity index (χ3v) is 6.57.